The molecule has 0 bridgehead atoms. The lowest BCUT2D eigenvalue weighted by Crippen LogP contribution is -2.41. The summed E-state index contributed by atoms with van der Waals surface area (Å²) in [4.78, 5) is 36.3. The zero-order valence-corrected chi connectivity index (χ0v) is 8.02. The molecule has 1 saturated heterocycles. The SMILES string of the molecule is CN1CC(=O)N(CCN)C(=O)CC1=O. The molecular weight excluding hydrogens is 186 g/mol. The Morgan fingerprint density at radius 2 is 1.86 bits per heavy atom. The van der Waals surface area contributed by atoms with Crippen LogP contribution in [-0.2, 0) is 14.4 Å². The Morgan fingerprint density at radius 3 is 2.43 bits per heavy atom. The predicted octanol–water partition coefficient (Wildman–Crippen LogP) is -1.84. The highest BCUT2D eigenvalue weighted by molar-refractivity contribution is 6.07. The summed E-state index contributed by atoms with van der Waals surface area (Å²) in [7, 11) is 1.50. The maximum absolute atomic E-state index is 11.4. The van der Waals surface area contributed by atoms with Gasteiger partial charge in [0.05, 0.1) is 6.54 Å². The number of carbonyl (C=O) groups is 3. The summed E-state index contributed by atoms with van der Waals surface area (Å²) < 4.78 is 0. The third-order valence-corrected chi connectivity index (χ3v) is 2.06. The monoisotopic (exact) mass is 199 g/mol. The van der Waals surface area contributed by atoms with Crippen LogP contribution in [0.5, 0.6) is 0 Å². The summed E-state index contributed by atoms with van der Waals surface area (Å²) in [5, 5.41) is 0. The molecule has 0 saturated carbocycles. The fourth-order valence-electron chi connectivity index (χ4n) is 1.25. The molecule has 0 unspecified atom stereocenters. The smallest absolute Gasteiger partial charge is 0.248 e. The Labute approximate surface area is 81.6 Å². The zero-order valence-electron chi connectivity index (χ0n) is 8.02. The van der Waals surface area contributed by atoms with Crippen LogP contribution in [0.15, 0.2) is 0 Å². The van der Waals surface area contributed by atoms with E-state index in [0.29, 0.717) is 0 Å². The average molecular weight is 199 g/mol. The van der Waals surface area contributed by atoms with Crippen LogP contribution in [0.25, 0.3) is 0 Å². The quantitative estimate of drug-likeness (QED) is 0.418. The lowest BCUT2D eigenvalue weighted by molar-refractivity contribution is -0.143. The molecule has 6 heteroatoms. The van der Waals surface area contributed by atoms with Crippen molar-refractivity contribution in [1.29, 1.82) is 0 Å². The molecule has 1 heterocycles. The van der Waals surface area contributed by atoms with Gasteiger partial charge in [-0.05, 0) is 0 Å². The molecule has 3 amide bonds. The van der Waals surface area contributed by atoms with Gasteiger partial charge in [0.2, 0.25) is 17.7 Å². The van der Waals surface area contributed by atoms with E-state index in [4.69, 9.17) is 5.73 Å². The Kier molecular flexibility index (Phi) is 3.19. The molecule has 0 spiro atoms. The summed E-state index contributed by atoms with van der Waals surface area (Å²) >= 11 is 0. The summed E-state index contributed by atoms with van der Waals surface area (Å²) in [6.45, 7) is 0.346. The molecule has 0 atom stereocenters. The van der Waals surface area contributed by atoms with E-state index in [1.54, 1.807) is 0 Å². The van der Waals surface area contributed by atoms with Crippen molar-refractivity contribution in [3.05, 3.63) is 0 Å². The van der Waals surface area contributed by atoms with E-state index in [0.717, 1.165) is 4.90 Å². The minimum absolute atomic E-state index is 0.0510. The molecule has 0 aromatic heterocycles. The number of amides is 3. The number of rotatable bonds is 2. The molecule has 0 aliphatic carbocycles. The van der Waals surface area contributed by atoms with Gasteiger partial charge in [-0.3, -0.25) is 19.3 Å². The predicted molar refractivity (Wildman–Crippen MR) is 48.0 cm³/mol. The zero-order chi connectivity index (χ0) is 10.7. The van der Waals surface area contributed by atoms with E-state index in [1.807, 2.05) is 0 Å². The first-order valence-corrected chi connectivity index (χ1v) is 4.33. The number of hydrogen-bond acceptors (Lipinski definition) is 4. The van der Waals surface area contributed by atoms with Crippen LogP contribution in [0, 0.1) is 0 Å². The molecule has 0 radical (unpaired) electrons. The molecule has 0 aromatic rings. The van der Waals surface area contributed by atoms with Crippen molar-refractivity contribution in [3.8, 4) is 0 Å². The Morgan fingerprint density at radius 1 is 1.21 bits per heavy atom. The lowest BCUT2D eigenvalue weighted by atomic mass is 10.3. The minimum Gasteiger partial charge on any atom is -0.336 e. The first kappa shape index (κ1) is 10.6. The number of imide groups is 1. The van der Waals surface area contributed by atoms with E-state index < -0.39 is 5.91 Å². The summed E-state index contributed by atoms with van der Waals surface area (Å²) in [5.41, 5.74) is 5.26. The van der Waals surface area contributed by atoms with Gasteiger partial charge in [0.25, 0.3) is 0 Å². The fraction of sp³-hybridized carbons (Fsp3) is 0.625. The number of nitrogens with two attached hydrogens (primary N) is 1. The van der Waals surface area contributed by atoms with Gasteiger partial charge in [-0.25, -0.2) is 0 Å². The van der Waals surface area contributed by atoms with Gasteiger partial charge in [-0.2, -0.15) is 0 Å². The molecule has 0 aromatic carbocycles. The third-order valence-electron chi connectivity index (χ3n) is 2.06. The van der Waals surface area contributed by atoms with Crippen molar-refractivity contribution in [3.63, 3.8) is 0 Å². The maximum atomic E-state index is 11.4. The van der Waals surface area contributed by atoms with E-state index in [1.165, 1.54) is 11.9 Å². The molecule has 14 heavy (non-hydrogen) atoms. The standard InChI is InChI=1S/C8H13N3O3/c1-10-5-8(14)11(3-2-9)7(13)4-6(10)12/h2-5,9H2,1H3. The van der Waals surface area contributed by atoms with Crippen molar-refractivity contribution in [2.45, 2.75) is 6.42 Å². The van der Waals surface area contributed by atoms with Gasteiger partial charge in [0.15, 0.2) is 0 Å². The molecule has 2 N–H and O–H groups in total. The van der Waals surface area contributed by atoms with Gasteiger partial charge >= 0.3 is 0 Å². The maximum Gasteiger partial charge on any atom is 0.248 e. The van der Waals surface area contributed by atoms with Crippen molar-refractivity contribution in [2.24, 2.45) is 5.73 Å². The lowest BCUT2D eigenvalue weighted by Gasteiger charge is -2.17. The summed E-state index contributed by atoms with van der Waals surface area (Å²) in [6, 6.07) is 0. The first-order valence-electron chi connectivity index (χ1n) is 4.33. The van der Waals surface area contributed by atoms with E-state index in [9.17, 15) is 14.4 Å². The topological polar surface area (TPSA) is 83.7 Å². The van der Waals surface area contributed by atoms with Crippen molar-refractivity contribution in [1.82, 2.24) is 9.80 Å². The molecule has 1 aliphatic heterocycles. The van der Waals surface area contributed by atoms with Crippen LogP contribution >= 0.6 is 0 Å². The Balaban J connectivity index is 2.81. The number of carbonyl (C=O) groups excluding carboxylic acids is 3. The minimum atomic E-state index is -0.463. The van der Waals surface area contributed by atoms with E-state index in [2.05, 4.69) is 0 Å². The number of nitrogens with zero attached hydrogens (tertiary/aromatic N) is 2. The van der Waals surface area contributed by atoms with Gasteiger partial charge in [0, 0.05) is 20.1 Å². The first-order chi connectivity index (χ1) is 6.56. The fourth-order valence-corrected chi connectivity index (χ4v) is 1.25. The Bertz CT molecular complexity index is 277. The summed E-state index contributed by atoms with van der Waals surface area (Å²) in [6.07, 6.45) is -0.248. The highest BCUT2D eigenvalue weighted by atomic mass is 16.2. The Hall–Kier alpha value is -1.43. The van der Waals surface area contributed by atoms with Gasteiger partial charge in [-0.1, -0.05) is 0 Å². The normalized spacial score (nSPS) is 18.9. The van der Waals surface area contributed by atoms with Gasteiger partial charge in [-0.15, -0.1) is 0 Å². The molecule has 78 valence electrons. The second-order valence-corrected chi connectivity index (χ2v) is 3.15. The van der Waals surface area contributed by atoms with Crippen LogP contribution in [0.4, 0.5) is 0 Å². The molecule has 1 rings (SSSR count). The van der Waals surface area contributed by atoms with Gasteiger partial charge < -0.3 is 10.6 Å². The second kappa shape index (κ2) is 4.19. The van der Waals surface area contributed by atoms with E-state index >= 15 is 0 Å². The van der Waals surface area contributed by atoms with Crippen LogP contribution in [0.3, 0.4) is 0 Å². The highest BCUT2D eigenvalue weighted by Gasteiger charge is 2.29. The van der Waals surface area contributed by atoms with Crippen molar-refractivity contribution in [2.75, 3.05) is 26.7 Å². The second-order valence-electron chi connectivity index (χ2n) is 3.15. The molecular formula is C8H13N3O3. The van der Waals surface area contributed by atoms with Crippen molar-refractivity contribution < 1.29 is 14.4 Å². The third kappa shape index (κ3) is 2.08. The largest absolute Gasteiger partial charge is 0.336 e. The average Bonchev–Trinajstić information content (AvgIpc) is 2.19. The van der Waals surface area contributed by atoms with Crippen LogP contribution in [0.2, 0.25) is 0 Å². The van der Waals surface area contributed by atoms with E-state index in [-0.39, 0.29) is 37.9 Å². The highest BCUT2D eigenvalue weighted by Crippen LogP contribution is 2.04. The number of hydrogen-bond donors (Lipinski definition) is 1. The molecule has 1 aliphatic rings. The molecule has 1 fully saturated rings. The summed E-state index contributed by atoms with van der Waals surface area (Å²) in [5.74, 6) is -1.16. The van der Waals surface area contributed by atoms with Crippen LogP contribution in [-0.4, -0.2) is 54.2 Å². The van der Waals surface area contributed by atoms with Crippen molar-refractivity contribution >= 4 is 17.7 Å². The number of likely N-dealkylation sites (N-methyl/N-ethyl adjacent to an activating group) is 1. The van der Waals surface area contributed by atoms with Gasteiger partial charge in [0.1, 0.15) is 6.42 Å². The van der Waals surface area contributed by atoms with Crippen LogP contribution < -0.4 is 5.73 Å². The van der Waals surface area contributed by atoms with Crippen LogP contribution in [0.1, 0.15) is 6.42 Å². The molecule has 6 nitrogen and oxygen atoms in total.